The number of amides is 1. The second kappa shape index (κ2) is 6.81. The minimum absolute atomic E-state index is 0.146. The third kappa shape index (κ3) is 4.02. The molecule has 20 heavy (non-hydrogen) atoms. The van der Waals surface area contributed by atoms with Crippen molar-refractivity contribution in [2.24, 2.45) is 5.92 Å². The van der Waals surface area contributed by atoms with Gasteiger partial charge < -0.3 is 10.4 Å². The molecule has 1 unspecified atom stereocenters. The number of anilines is 1. The number of benzene rings is 1. The number of carbonyl (C=O) groups excluding carboxylic acids is 1. The van der Waals surface area contributed by atoms with Gasteiger partial charge in [0.2, 0.25) is 5.91 Å². The Balaban J connectivity index is 1.87. The van der Waals surface area contributed by atoms with E-state index >= 15 is 0 Å². The molecule has 1 aromatic rings. The van der Waals surface area contributed by atoms with E-state index in [2.05, 4.69) is 5.32 Å². The van der Waals surface area contributed by atoms with E-state index in [1.807, 2.05) is 4.90 Å². The molecule has 0 bridgehead atoms. The molecule has 2 N–H and O–H groups in total. The summed E-state index contributed by atoms with van der Waals surface area (Å²) in [6, 6.07) is 4.68. The van der Waals surface area contributed by atoms with Crippen molar-refractivity contribution in [1.29, 1.82) is 0 Å². The average molecular weight is 280 g/mol. The van der Waals surface area contributed by atoms with Gasteiger partial charge in [0.25, 0.3) is 0 Å². The summed E-state index contributed by atoms with van der Waals surface area (Å²) in [7, 11) is 0. The maximum atomic E-state index is 13.4. The molecular weight excluding hydrogens is 259 g/mol. The number of aliphatic hydroxyl groups excluding tert-OH is 1. The van der Waals surface area contributed by atoms with Crippen LogP contribution in [-0.2, 0) is 4.79 Å². The predicted octanol–water partition coefficient (Wildman–Crippen LogP) is 1.78. The van der Waals surface area contributed by atoms with E-state index < -0.39 is 0 Å². The fourth-order valence-electron chi connectivity index (χ4n) is 2.52. The van der Waals surface area contributed by atoms with Crippen molar-refractivity contribution in [3.05, 3.63) is 29.6 Å². The molecule has 1 saturated heterocycles. The van der Waals surface area contributed by atoms with Crippen molar-refractivity contribution < 1.29 is 14.3 Å². The van der Waals surface area contributed by atoms with Crippen LogP contribution in [0.3, 0.4) is 0 Å². The highest BCUT2D eigenvalue weighted by atomic mass is 19.1. The number of nitrogens with zero attached hydrogens (tertiary/aromatic N) is 1. The molecule has 1 fully saturated rings. The summed E-state index contributed by atoms with van der Waals surface area (Å²) in [4.78, 5) is 14.0. The number of aryl methyl sites for hydroxylation is 1. The van der Waals surface area contributed by atoms with Gasteiger partial charge in [0.15, 0.2) is 0 Å². The highest BCUT2D eigenvalue weighted by molar-refractivity contribution is 5.92. The molecule has 1 aromatic carbocycles. The van der Waals surface area contributed by atoms with Gasteiger partial charge in [-0.15, -0.1) is 0 Å². The summed E-state index contributed by atoms with van der Waals surface area (Å²) >= 11 is 0. The zero-order valence-corrected chi connectivity index (χ0v) is 11.7. The number of aliphatic hydroxyl groups is 1. The van der Waals surface area contributed by atoms with Crippen LogP contribution in [0.4, 0.5) is 10.1 Å². The van der Waals surface area contributed by atoms with E-state index in [0.29, 0.717) is 11.3 Å². The molecule has 1 atom stereocenters. The molecule has 0 aromatic heterocycles. The van der Waals surface area contributed by atoms with Crippen LogP contribution in [0.2, 0.25) is 0 Å². The third-order valence-electron chi connectivity index (χ3n) is 3.68. The van der Waals surface area contributed by atoms with Crippen LogP contribution in [0.5, 0.6) is 0 Å². The van der Waals surface area contributed by atoms with Crippen LogP contribution in [0, 0.1) is 18.7 Å². The maximum absolute atomic E-state index is 13.4. The molecule has 2 rings (SSSR count). The van der Waals surface area contributed by atoms with Crippen LogP contribution >= 0.6 is 0 Å². The number of halogens is 1. The minimum atomic E-state index is -0.318. The molecule has 1 aliphatic heterocycles. The summed E-state index contributed by atoms with van der Waals surface area (Å²) in [5.74, 6) is -0.207. The number of rotatable bonds is 4. The van der Waals surface area contributed by atoms with E-state index in [0.717, 1.165) is 25.9 Å². The van der Waals surface area contributed by atoms with Crippen molar-refractivity contribution in [1.82, 2.24) is 4.90 Å². The number of hydrogen-bond acceptors (Lipinski definition) is 3. The zero-order chi connectivity index (χ0) is 14.5. The van der Waals surface area contributed by atoms with Gasteiger partial charge in [-0.3, -0.25) is 9.69 Å². The zero-order valence-electron chi connectivity index (χ0n) is 11.7. The fraction of sp³-hybridized carbons (Fsp3) is 0.533. The Morgan fingerprint density at radius 3 is 3.05 bits per heavy atom. The molecule has 0 radical (unpaired) electrons. The van der Waals surface area contributed by atoms with Crippen LogP contribution in [-0.4, -0.2) is 42.2 Å². The molecule has 4 nitrogen and oxygen atoms in total. The van der Waals surface area contributed by atoms with Crippen molar-refractivity contribution in [2.75, 3.05) is 31.6 Å². The highest BCUT2D eigenvalue weighted by Gasteiger charge is 2.20. The third-order valence-corrected chi connectivity index (χ3v) is 3.68. The first-order valence-electron chi connectivity index (χ1n) is 6.97. The van der Waals surface area contributed by atoms with Gasteiger partial charge >= 0.3 is 0 Å². The van der Waals surface area contributed by atoms with Gasteiger partial charge in [-0.05, 0) is 49.9 Å². The summed E-state index contributed by atoms with van der Waals surface area (Å²) in [6.45, 7) is 3.75. The number of carbonyl (C=O) groups is 1. The largest absolute Gasteiger partial charge is 0.396 e. The number of piperidine rings is 1. The van der Waals surface area contributed by atoms with Crippen LogP contribution in [0.1, 0.15) is 18.4 Å². The number of likely N-dealkylation sites (tertiary alicyclic amines) is 1. The Kier molecular flexibility index (Phi) is 5.09. The maximum Gasteiger partial charge on any atom is 0.238 e. The van der Waals surface area contributed by atoms with E-state index in [4.69, 9.17) is 5.11 Å². The molecule has 5 heteroatoms. The lowest BCUT2D eigenvalue weighted by Gasteiger charge is -2.31. The van der Waals surface area contributed by atoms with E-state index in [9.17, 15) is 9.18 Å². The standard InChI is InChI=1S/C15H21FN2O2/c1-11-4-5-13(7-14(11)16)17-15(20)9-18-6-2-3-12(8-18)10-19/h4-5,7,12,19H,2-3,6,8-10H2,1H3,(H,17,20). The van der Waals surface area contributed by atoms with Gasteiger partial charge in [-0.2, -0.15) is 0 Å². The number of nitrogens with one attached hydrogen (secondary N) is 1. The van der Waals surface area contributed by atoms with Gasteiger partial charge in [-0.25, -0.2) is 4.39 Å². The molecule has 0 aliphatic carbocycles. The number of hydrogen-bond donors (Lipinski definition) is 2. The average Bonchev–Trinajstić information content (AvgIpc) is 2.43. The van der Waals surface area contributed by atoms with Crippen LogP contribution in [0.25, 0.3) is 0 Å². The molecular formula is C15H21FN2O2. The van der Waals surface area contributed by atoms with Gasteiger partial charge in [0.1, 0.15) is 5.82 Å². The second-order valence-electron chi connectivity index (χ2n) is 5.44. The smallest absolute Gasteiger partial charge is 0.238 e. The molecule has 1 heterocycles. The van der Waals surface area contributed by atoms with E-state index in [-0.39, 0.29) is 30.8 Å². The first-order chi connectivity index (χ1) is 9.58. The summed E-state index contributed by atoms with van der Waals surface area (Å²) in [6.07, 6.45) is 2.01. The monoisotopic (exact) mass is 280 g/mol. The molecule has 0 spiro atoms. The van der Waals surface area contributed by atoms with Gasteiger partial charge in [-0.1, -0.05) is 6.07 Å². The first kappa shape index (κ1) is 14.9. The lowest BCUT2D eigenvalue weighted by molar-refractivity contribution is -0.117. The van der Waals surface area contributed by atoms with Crippen molar-refractivity contribution in [3.8, 4) is 0 Å². The van der Waals surface area contributed by atoms with Crippen molar-refractivity contribution in [3.63, 3.8) is 0 Å². The van der Waals surface area contributed by atoms with Crippen LogP contribution in [0.15, 0.2) is 18.2 Å². The first-order valence-corrected chi connectivity index (χ1v) is 6.97. The van der Waals surface area contributed by atoms with E-state index in [1.165, 1.54) is 6.07 Å². The minimum Gasteiger partial charge on any atom is -0.396 e. The molecule has 110 valence electrons. The van der Waals surface area contributed by atoms with Crippen molar-refractivity contribution in [2.45, 2.75) is 19.8 Å². The summed E-state index contributed by atoms with van der Waals surface area (Å²) < 4.78 is 13.4. The van der Waals surface area contributed by atoms with Crippen molar-refractivity contribution >= 4 is 11.6 Å². The SMILES string of the molecule is Cc1ccc(NC(=O)CN2CCCC(CO)C2)cc1F. The highest BCUT2D eigenvalue weighted by Crippen LogP contribution is 2.16. The quantitative estimate of drug-likeness (QED) is 0.884. The van der Waals surface area contributed by atoms with Gasteiger partial charge in [0.05, 0.1) is 6.54 Å². The Labute approximate surface area is 118 Å². The summed E-state index contributed by atoms with van der Waals surface area (Å²) in [5, 5.41) is 11.9. The Hall–Kier alpha value is -1.46. The normalized spacial score (nSPS) is 19.9. The second-order valence-corrected chi connectivity index (χ2v) is 5.44. The predicted molar refractivity (Wildman–Crippen MR) is 76.0 cm³/mol. The molecule has 1 aliphatic rings. The lowest BCUT2D eigenvalue weighted by Crippen LogP contribution is -2.41. The fourth-order valence-corrected chi connectivity index (χ4v) is 2.52. The van der Waals surface area contributed by atoms with Crippen LogP contribution < -0.4 is 5.32 Å². The Morgan fingerprint density at radius 2 is 2.35 bits per heavy atom. The Bertz CT molecular complexity index is 479. The molecule has 0 saturated carbocycles. The van der Waals surface area contributed by atoms with Gasteiger partial charge in [0, 0.05) is 18.8 Å². The summed E-state index contributed by atoms with van der Waals surface area (Å²) in [5.41, 5.74) is 1.04. The van der Waals surface area contributed by atoms with E-state index in [1.54, 1.807) is 19.1 Å². The molecule has 1 amide bonds. The lowest BCUT2D eigenvalue weighted by atomic mass is 9.99. The topological polar surface area (TPSA) is 52.6 Å². The Morgan fingerprint density at radius 1 is 1.55 bits per heavy atom.